The molecule has 0 amide bonds. The molecule has 0 saturated carbocycles. The van der Waals surface area contributed by atoms with Gasteiger partial charge in [0.2, 0.25) is 6.20 Å². The minimum atomic E-state index is 0.528. The molecular formula is C12H10N2O. The van der Waals surface area contributed by atoms with Gasteiger partial charge in [0.05, 0.1) is 0 Å². The summed E-state index contributed by atoms with van der Waals surface area (Å²) in [5.41, 5.74) is 2.03. The maximum atomic E-state index is 10.7. The SMILES string of the molecule is [O-][n+]1ccc(/C=C/c2ccccc2)cn1. The van der Waals surface area contributed by atoms with Gasteiger partial charge >= 0.3 is 0 Å². The molecule has 0 radical (unpaired) electrons. The molecule has 2 aromatic rings. The normalized spacial score (nSPS) is 10.7. The van der Waals surface area contributed by atoms with E-state index in [0.717, 1.165) is 11.1 Å². The lowest BCUT2D eigenvalue weighted by Gasteiger charge is -1.93. The molecule has 0 fully saturated rings. The molecule has 2 rings (SSSR count). The van der Waals surface area contributed by atoms with Gasteiger partial charge in [-0.3, -0.25) is 0 Å². The highest BCUT2D eigenvalue weighted by Crippen LogP contribution is 2.05. The van der Waals surface area contributed by atoms with Gasteiger partial charge in [-0.2, -0.15) is 0 Å². The van der Waals surface area contributed by atoms with Gasteiger partial charge in [-0.25, -0.2) is 0 Å². The zero-order valence-electron chi connectivity index (χ0n) is 8.08. The van der Waals surface area contributed by atoms with Crippen molar-refractivity contribution in [2.45, 2.75) is 0 Å². The van der Waals surface area contributed by atoms with E-state index >= 15 is 0 Å². The van der Waals surface area contributed by atoms with Crippen LogP contribution in [-0.4, -0.2) is 5.10 Å². The Bertz CT molecular complexity index is 449. The lowest BCUT2D eigenvalue weighted by Crippen LogP contribution is -2.29. The third kappa shape index (κ3) is 2.64. The van der Waals surface area contributed by atoms with Gasteiger partial charge in [0.1, 0.15) is 6.20 Å². The summed E-state index contributed by atoms with van der Waals surface area (Å²) in [5, 5.41) is 14.3. The van der Waals surface area contributed by atoms with Gasteiger partial charge in [-0.15, -0.1) is 0 Å². The summed E-state index contributed by atoms with van der Waals surface area (Å²) in [6, 6.07) is 11.7. The van der Waals surface area contributed by atoms with Crippen molar-refractivity contribution in [2.75, 3.05) is 0 Å². The summed E-state index contributed by atoms with van der Waals surface area (Å²) in [6.45, 7) is 0. The van der Waals surface area contributed by atoms with Crippen molar-refractivity contribution in [3.05, 3.63) is 65.1 Å². The summed E-state index contributed by atoms with van der Waals surface area (Å²) in [6.07, 6.45) is 6.81. The van der Waals surface area contributed by atoms with Crippen molar-refractivity contribution in [2.24, 2.45) is 0 Å². The molecule has 3 nitrogen and oxygen atoms in total. The third-order valence-electron chi connectivity index (χ3n) is 1.98. The molecule has 0 unspecified atom stereocenters. The highest BCUT2D eigenvalue weighted by Gasteiger charge is 1.91. The van der Waals surface area contributed by atoms with Crippen LogP contribution in [0, 0.1) is 5.21 Å². The summed E-state index contributed by atoms with van der Waals surface area (Å²) in [7, 11) is 0. The molecule has 0 aliphatic heterocycles. The molecule has 15 heavy (non-hydrogen) atoms. The Morgan fingerprint density at radius 1 is 1.00 bits per heavy atom. The fourth-order valence-corrected chi connectivity index (χ4v) is 1.21. The first-order chi connectivity index (χ1) is 7.34. The van der Waals surface area contributed by atoms with E-state index in [1.165, 1.54) is 12.4 Å². The molecule has 1 aromatic heterocycles. The van der Waals surface area contributed by atoms with E-state index in [1.54, 1.807) is 6.07 Å². The Morgan fingerprint density at radius 2 is 1.73 bits per heavy atom. The first kappa shape index (κ1) is 9.40. The van der Waals surface area contributed by atoms with Crippen molar-refractivity contribution in [1.29, 1.82) is 0 Å². The quantitative estimate of drug-likeness (QED) is 0.546. The first-order valence-electron chi connectivity index (χ1n) is 4.63. The van der Waals surface area contributed by atoms with Crippen LogP contribution < -0.4 is 4.85 Å². The minimum Gasteiger partial charge on any atom is -0.594 e. The van der Waals surface area contributed by atoms with Crippen LogP contribution in [0.5, 0.6) is 0 Å². The number of aromatic nitrogens is 2. The average molecular weight is 198 g/mol. The number of rotatable bonds is 2. The van der Waals surface area contributed by atoms with E-state index < -0.39 is 0 Å². The second-order valence-corrected chi connectivity index (χ2v) is 3.11. The summed E-state index contributed by atoms with van der Waals surface area (Å²) >= 11 is 0. The van der Waals surface area contributed by atoms with Crippen LogP contribution in [0.15, 0.2) is 48.8 Å². The van der Waals surface area contributed by atoms with Crippen molar-refractivity contribution in [3.63, 3.8) is 0 Å². The average Bonchev–Trinajstić information content (AvgIpc) is 2.30. The molecule has 0 atom stereocenters. The second kappa shape index (κ2) is 4.37. The van der Waals surface area contributed by atoms with Crippen molar-refractivity contribution < 1.29 is 4.85 Å². The van der Waals surface area contributed by atoms with E-state index in [1.807, 2.05) is 42.5 Å². The first-order valence-corrected chi connectivity index (χ1v) is 4.63. The predicted octanol–water partition coefficient (Wildman–Crippen LogP) is 1.89. The molecule has 3 heteroatoms. The van der Waals surface area contributed by atoms with Crippen LogP contribution in [0.2, 0.25) is 0 Å². The predicted molar refractivity (Wildman–Crippen MR) is 58.6 cm³/mol. The van der Waals surface area contributed by atoms with Gasteiger partial charge in [0.15, 0.2) is 0 Å². The number of benzene rings is 1. The second-order valence-electron chi connectivity index (χ2n) is 3.11. The molecule has 0 N–H and O–H groups in total. The van der Waals surface area contributed by atoms with Crippen LogP contribution in [-0.2, 0) is 0 Å². The number of hydrogen-bond acceptors (Lipinski definition) is 2. The molecular weight excluding hydrogens is 188 g/mol. The lowest BCUT2D eigenvalue weighted by molar-refractivity contribution is -0.669. The van der Waals surface area contributed by atoms with E-state index in [2.05, 4.69) is 5.10 Å². The van der Waals surface area contributed by atoms with E-state index in [-0.39, 0.29) is 0 Å². The van der Waals surface area contributed by atoms with Gasteiger partial charge in [0, 0.05) is 16.7 Å². The topological polar surface area (TPSA) is 39.8 Å². The van der Waals surface area contributed by atoms with E-state index in [0.29, 0.717) is 4.85 Å². The summed E-state index contributed by atoms with van der Waals surface area (Å²) in [4.78, 5) is 0.528. The fraction of sp³-hybridized carbons (Fsp3) is 0. The van der Waals surface area contributed by atoms with Crippen LogP contribution in [0.3, 0.4) is 0 Å². The van der Waals surface area contributed by atoms with E-state index in [4.69, 9.17) is 0 Å². The van der Waals surface area contributed by atoms with Crippen molar-refractivity contribution >= 4 is 12.2 Å². The number of hydrogen-bond donors (Lipinski definition) is 0. The fourth-order valence-electron chi connectivity index (χ4n) is 1.21. The molecule has 0 bridgehead atoms. The molecule has 0 aliphatic rings. The zero-order chi connectivity index (χ0) is 10.5. The van der Waals surface area contributed by atoms with Gasteiger partial charge in [0.25, 0.3) is 0 Å². The number of nitrogens with zero attached hydrogens (tertiary/aromatic N) is 2. The standard InChI is InChI=1S/C12H10N2O/c15-14-9-8-12(10-13-14)7-6-11-4-2-1-3-5-11/h1-10H/b7-6+. The molecule has 1 aromatic carbocycles. The Kier molecular flexibility index (Phi) is 2.74. The van der Waals surface area contributed by atoms with Gasteiger partial charge in [-0.05, 0) is 5.56 Å². The minimum absolute atomic E-state index is 0.528. The highest BCUT2D eigenvalue weighted by molar-refractivity contribution is 5.68. The molecule has 74 valence electrons. The van der Waals surface area contributed by atoms with Crippen molar-refractivity contribution in [3.8, 4) is 0 Å². The molecule has 0 saturated heterocycles. The van der Waals surface area contributed by atoms with Gasteiger partial charge < -0.3 is 5.21 Å². The Balaban J connectivity index is 2.15. The Morgan fingerprint density at radius 3 is 2.40 bits per heavy atom. The van der Waals surface area contributed by atoms with Crippen LogP contribution in [0.1, 0.15) is 11.1 Å². The molecule has 0 aliphatic carbocycles. The zero-order valence-corrected chi connectivity index (χ0v) is 8.08. The summed E-state index contributed by atoms with van der Waals surface area (Å²) in [5.74, 6) is 0. The maximum Gasteiger partial charge on any atom is 0.210 e. The Labute approximate surface area is 87.9 Å². The monoisotopic (exact) mass is 198 g/mol. The van der Waals surface area contributed by atoms with Gasteiger partial charge in [-0.1, -0.05) is 47.3 Å². The highest BCUT2D eigenvalue weighted by atomic mass is 16.5. The van der Waals surface area contributed by atoms with Crippen LogP contribution in [0.4, 0.5) is 0 Å². The molecule has 0 spiro atoms. The Hall–Kier alpha value is -2.16. The smallest absolute Gasteiger partial charge is 0.210 e. The summed E-state index contributed by atoms with van der Waals surface area (Å²) < 4.78 is 0. The lowest BCUT2D eigenvalue weighted by atomic mass is 10.2. The maximum absolute atomic E-state index is 10.7. The van der Waals surface area contributed by atoms with Crippen molar-refractivity contribution in [1.82, 2.24) is 5.10 Å². The third-order valence-corrected chi connectivity index (χ3v) is 1.98. The van der Waals surface area contributed by atoms with E-state index in [9.17, 15) is 5.21 Å². The van der Waals surface area contributed by atoms with Crippen LogP contribution >= 0.6 is 0 Å². The van der Waals surface area contributed by atoms with Crippen LogP contribution in [0.25, 0.3) is 12.2 Å². The largest absolute Gasteiger partial charge is 0.594 e. The molecule has 1 heterocycles.